The van der Waals surface area contributed by atoms with Crippen molar-refractivity contribution in [2.45, 2.75) is 43.6 Å². The molecule has 168 valence electrons. The molecule has 1 fully saturated rings. The third-order valence-electron chi connectivity index (χ3n) is 5.31. The number of hydrogen-bond donors (Lipinski definition) is 4. The van der Waals surface area contributed by atoms with E-state index in [9.17, 15) is 24.2 Å². The summed E-state index contributed by atoms with van der Waals surface area (Å²) in [5.74, 6) is -1.33. The van der Waals surface area contributed by atoms with Crippen molar-refractivity contribution in [1.29, 1.82) is 0 Å². The molecule has 4 N–H and O–H groups in total. The molecule has 1 aromatic rings. The molecule has 0 spiro atoms. The summed E-state index contributed by atoms with van der Waals surface area (Å²) in [5, 5.41) is 26.4. The number of carbonyl (C=O) groups excluding carboxylic acids is 2. The number of thiocarbonyl (C=S) groups is 1. The molecule has 1 amide bonds. The van der Waals surface area contributed by atoms with Gasteiger partial charge in [0.1, 0.15) is 18.0 Å². The van der Waals surface area contributed by atoms with Crippen molar-refractivity contribution in [2.75, 3.05) is 19.0 Å². The number of rotatable bonds is 4. The minimum absolute atomic E-state index is 0.0573. The number of methoxy groups -OCH3 is 1. The van der Waals surface area contributed by atoms with Gasteiger partial charge in [0.25, 0.3) is 0 Å². The van der Waals surface area contributed by atoms with Gasteiger partial charge in [-0.15, -0.1) is 0 Å². The monoisotopic (exact) mass is 515 g/mol. The molecule has 1 saturated heterocycles. The number of halogens is 2. The van der Waals surface area contributed by atoms with Crippen LogP contribution in [0.1, 0.15) is 19.3 Å². The van der Waals surface area contributed by atoms with E-state index in [2.05, 4.69) is 26.6 Å². The van der Waals surface area contributed by atoms with Crippen molar-refractivity contribution < 1.29 is 28.9 Å². The Hall–Kier alpha value is -2.08. The number of carbonyl (C=O) groups is 2. The molecule has 4 unspecified atom stereocenters. The second kappa shape index (κ2) is 10.0. The number of likely N-dealkylation sites (tertiary alicyclic amines) is 1. The first-order chi connectivity index (χ1) is 14.7. The second-order valence-electron chi connectivity index (χ2n) is 7.38. The first-order valence-electron chi connectivity index (χ1n) is 9.69. The molecule has 1 heterocycles. The van der Waals surface area contributed by atoms with Crippen LogP contribution in [0.5, 0.6) is 0 Å². The molecule has 8 nitrogen and oxygen atoms in total. The Morgan fingerprint density at radius 1 is 1.35 bits per heavy atom. The second-order valence-corrected chi connectivity index (χ2v) is 8.64. The topological polar surface area (TPSA) is 111 Å². The first kappa shape index (κ1) is 23.6. The average Bonchev–Trinajstić information content (AvgIpc) is 3.22. The molecule has 11 heteroatoms. The van der Waals surface area contributed by atoms with Crippen molar-refractivity contribution in [2.24, 2.45) is 0 Å². The fourth-order valence-electron chi connectivity index (χ4n) is 3.73. The standard InChI is InChI=1S/C20H23BrFN3O5S/c1-30-19(29)15-3-2-6-25(15)18(28)10-7-14(17(27)16(26)8-10)24-20(31)23-13-9-11(22)4-5-12(13)21/h4-5,7,9,14-17,26-27H,2-3,6,8H2,1H3,(H2,23,24,31). The van der Waals surface area contributed by atoms with E-state index in [1.54, 1.807) is 0 Å². The van der Waals surface area contributed by atoms with Crippen LogP contribution in [-0.4, -0.2) is 70.0 Å². The molecule has 1 aromatic carbocycles. The highest BCUT2D eigenvalue weighted by Crippen LogP contribution is 2.27. The van der Waals surface area contributed by atoms with Gasteiger partial charge in [0, 0.05) is 23.0 Å². The highest BCUT2D eigenvalue weighted by molar-refractivity contribution is 9.10. The summed E-state index contributed by atoms with van der Waals surface area (Å²) in [6.45, 7) is 0.403. The van der Waals surface area contributed by atoms with Gasteiger partial charge in [-0.05, 0) is 59.2 Å². The molecule has 0 bridgehead atoms. The quantitative estimate of drug-likeness (QED) is 0.352. The zero-order valence-corrected chi connectivity index (χ0v) is 19.1. The number of esters is 1. The Balaban J connectivity index is 1.74. The number of nitrogens with zero attached hydrogens (tertiary/aromatic N) is 1. The average molecular weight is 516 g/mol. The van der Waals surface area contributed by atoms with E-state index in [-0.39, 0.29) is 17.1 Å². The maximum absolute atomic E-state index is 13.5. The number of aliphatic hydroxyl groups is 2. The smallest absolute Gasteiger partial charge is 0.328 e. The van der Waals surface area contributed by atoms with Crippen molar-refractivity contribution in [1.82, 2.24) is 10.2 Å². The van der Waals surface area contributed by atoms with Crippen molar-refractivity contribution in [3.05, 3.63) is 40.1 Å². The Labute approximate surface area is 192 Å². The van der Waals surface area contributed by atoms with Gasteiger partial charge in [0.05, 0.1) is 24.9 Å². The van der Waals surface area contributed by atoms with Crippen LogP contribution >= 0.6 is 28.1 Å². The van der Waals surface area contributed by atoms with Crippen molar-refractivity contribution in [3.8, 4) is 0 Å². The number of anilines is 1. The minimum atomic E-state index is -1.22. The van der Waals surface area contributed by atoms with E-state index in [1.165, 1.54) is 36.3 Å². The third kappa shape index (κ3) is 5.40. The van der Waals surface area contributed by atoms with E-state index >= 15 is 0 Å². The maximum atomic E-state index is 13.5. The predicted octanol–water partition coefficient (Wildman–Crippen LogP) is 1.46. The number of aliphatic hydroxyl groups excluding tert-OH is 2. The Kier molecular flexibility index (Phi) is 7.63. The van der Waals surface area contributed by atoms with Crippen LogP contribution < -0.4 is 10.6 Å². The van der Waals surface area contributed by atoms with Crippen molar-refractivity contribution in [3.63, 3.8) is 0 Å². The van der Waals surface area contributed by atoms with Gasteiger partial charge in [0.15, 0.2) is 5.11 Å². The predicted molar refractivity (Wildman–Crippen MR) is 119 cm³/mol. The van der Waals surface area contributed by atoms with Gasteiger partial charge in [0.2, 0.25) is 5.91 Å². The Morgan fingerprint density at radius 2 is 2.10 bits per heavy atom. The molecular weight excluding hydrogens is 493 g/mol. The lowest BCUT2D eigenvalue weighted by Crippen LogP contribution is -2.52. The lowest BCUT2D eigenvalue weighted by Gasteiger charge is -2.33. The molecule has 31 heavy (non-hydrogen) atoms. The maximum Gasteiger partial charge on any atom is 0.328 e. The lowest BCUT2D eigenvalue weighted by molar-refractivity contribution is -0.150. The van der Waals surface area contributed by atoms with Crippen LogP contribution in [0, 0.1) is 5.82 Å². The minimum Gasteiger partial charge on any atom is -0.467 e. The molecular formula is C20H23BrFN3O5S. The summed E-state index contributed by atoms with van der Waals surface area (Å²) in [6, 6.07) is 2.52. The van der Waals surface area contributed by atoms with Crippen LogP contribution in [0.2, 0.25) is 0 Å². The molecule has 4 atom stereocenters. The lowest BCUT2D eigenvalue weighted by atomic mass is 9.89. The van der Waals surface area contributed by atoms with Crippen molar-refractivity contribution >= 4 is 50.8 Å². The third-order valence-corrected chi connectivity index (χ3v) is 6.22. The van der Waals surface area contributed by atoms with Gasteiger partial charge in [-0.1, -0.05) is 6.08 Å². The number of hydrogen-bond acceptors (Lipinski definition) is 6. The molecule has 1 aliphatic heterocycles. The summed E-state index contributed by atoms with van der Waals surface area (Å²) in [6.07, 6.45) is 0.197. The molecule has 0 saturated carbocycles. The molecule has 0 radical (unpaired) electrons. The first-order valence-corrected chi connectivity index (χ1v) is 10.9. The SMILES string of the molecule is COC(=O)C1CCCN1C(=O)C1=CC(NC(=S)Nc2cc(F)ccc2Br)C(O)C(O)C1. The molecule has 0 aromatic heterocycles. The van der Waals surface area contributed by atoms with Gasteiger partial charge < -0.3 is 30.5 Å². The van der Waals surface area contributed by atoms with Gasteiger partial charge >= 0.3 is 5.97 Å². The van der Waals surface area contributed by atoms with E-state index in [4.69, 9.17) is 17.0 Å². The summed E-state index contributed by atoms with van der Waals surface area (Å²) < 4.78 is 18.8. The Bertz CT molecular complexity index is 915. The normalized spacial score (nSPS) is 25.6. The highest BCUT2D eigenvalue weighted by atomic mass is 79.9. The number of amides is 1. The molecule has 2 aliphatic rings. The van der Waals surface area contributed by atoms with E-state index in [1.807, 2.05) is 0 Å². The number of benzene rings is 1. The van der Waals surface area contributed by atoms with Gasteiger partial charge in [-0.3, -0.25) is 4.79 Å². The summed E-state index contributed by atoms with van der Waals surface area (Å²) >= 11 is 8.54. The summed E-state index contributed by atoms with van der Waals surface area (Å²) in [5.41, 5.74) is 0.641. The van der Waals surface area contributed by atoms with E-state index < -0.39 is 42.0 Å². The zero-order valence-electron chi connectivity index (χ0n) is 16.7. The number of ether oxygens (including phenoxy) is 1. The fourth-order valence-corrected chi connectivity index (χ4v) is 4.32. The van der Waals surface area contributed by atoms with Crippen LogP contribution in [0.25, 0.3) is 0 Å². The van der Waals surface area contributed by atoms with Crippen LogP contribution in [-0.2, 0) is 14.3 Å². The molecule has 3 rings (SSSR count). The van der Waals surface area contributed by atoms with Crippen LogP contribution in [0.3, 0.4) is 0 Å². The van der Waals surface area contributed by atoms with E-state index in [0.717, 1.165) is 0 Å². The van der Waals surface area contributed by atoms with Crippen LogP contribution in [0.4, 0.5) is 10.1 Å². The summed E-state index contributed by atoms with van der Waals surface area (Å²) in [7, 11) is 1.27. The summed E-state index contributed by atoms with van der Waals surface area (Å²) in [4.78, 5) is 26.4. The largest absolute Gasteiger partial charge is 0.467 e. The van der Waals surface area contributed by atoms with Gasteiger partial charge in [-0.25, -0.2) is 9.18 Å². The van der Waals surface area contributed by atoms with E-state index in [0.29, 0.717) is 29.5 Å². The molecule has 1 aliphatic carbocycles. The fraction of sp³-hybridized carbons (Fsp3) is 0.450. The zero-order chi connectivity index (χ0) is 22.7. The van der Waals surface area contributed by atoms with Gasteiger partial charge in [-0.2, -0.15) is 0 Å². The van der Waals surface area contributed by atoms with Crippen LogP contribution in [0.15, 0.2) is 34.3 Å². The number of nitrogens with one attached hydrogen (secondary N) is 2. The Morgan fingerprint density at radius 3 is 2.81 bits per heavy atom. The highest BCUT2D eigenvalue weighted by Gasteiger charge is 2.39.